The van der Waals surface area contributed by atoms with E-state index in [9.17, 15) is 4.79 Å². The number of carbonyl (C=O) groups excluding carboxylic acids is 1. The third-order valence-electron chi connectivity index (χ3n) is 6.13. The van der Waals surface area contributed by atoms with Gasteiger partial charge in [0.15, 0.2) is 0 Å². The number of aromatic nitrogens is 5. The molecule has 0 N–H and O–H groups in total. The van der Waals surface area contributed by atoms with Gasteiger partial charge in [-0.1, -0.05) is 0 Å². The summed E-state index contributed by atoms with van der Waals surface area (Å²) in [5.41, 5.74) is 5.46. The molecule has 8 heteroatoms. The number of amides is 1. The zero-order valence-corrected chi connectivity index (χ0v) is 18.1. The van der Waals surface area contributed by atoms with Crippen molar-refractivity contribution in [1.82, 2.24) is 29.6 Å². The van der Waals surface area contributed by atoms with Crippen molar-refractivity contribution >= 4 is 16.9 Å². The normalized spacial score (nSPS) is 14.6. The fraction of sp³-hybridized carbons (Fsp3) is 0.292. The van der Waals surface area contributed by atoms with Gasteiger partial charge >= 0.3 is 0 Å². The minimum atomic E-state index is 0.00678. The molecule has 0 aliphatic carbocycles. The predicted octanol–water partition coefficient (Wildman–Crippen LogP) is 3.45. The van der Waals surface area contributed by atoms with Crippen molar-refractivity contribution in [3.63, 3.8) is 0 Å². The van der Waals surface area contributed by atoms with Gasteiger partial charge in [-0.05, 0) is 49.2 Å². The van der Waals surface area contributed by atoms with Crippen LogP contribution in [0, 0.1) is 0 Å². The van der Waals surface area contributed by atoms with Crippen LogP contribution >= 0.6 is 0 Å². The fourth-order valence-electron chi connectivity index (χ4n) is 4.28. The zero-order chi connectivity index (χ0) is 22.1. The molecule has 1 aliphatic rings. The lowest BCUT2D eigenvalue weighted by Crippen LogP contribution is -2.38. The van der Waals surface area contributed by atoms with Crippen LogP contribution in [0.2, 0.25) is 0 Å². The molecular formula is C24H24N6O2. The molecule has 0 spiro atoms. The molecule has 0 saturated carbocycles. The number of ether oxygens (including phenoxy) is 1. The Labute approximate surface area is 185 Å². The smallest absolute Gasteiger partial charge is 0.255 e. The molecule has 32 heavy (non-hydrogen) atoms. The highest BCUT2D eigenvalue weighted by atomic mass is 16.5. The molecule has 0 atom stereocenters. The van der Waals surface area contributed by atoms with Gasteiger partial charge in [0, 0.05) is 37.3 Å². The van der Waals surface area contributed by atoms with Crippen LogP contribution in [-0.4, -0.2) is 55.7 Å². The van der Waals surface area contributed by atoms with Gasteiger partial charge in [0.05, 0.1) is 42.6 Å². The topological polar surface area (TPSA) is 86.0 Å². The van der Waals surface area contributed by atoms with Gasteiger partial charge in [-0.15, -0.1) is 0 Å². The van der Waals surface area contributed by atoms with Crippen molar-refractivity contribution in [2.75, 3.05) is 20.2 Å². The quantitative estimate of drug-likeness (QED) is 0.495. The summed E-state index contributed by atoms with van der Waals surface area (Å²) < 4.78 is 7.33. The maximum atomic E-state index is 12.7. The van der Waals surface area contributed by atoms with E-state index in [0.717, 1.165) is 46.6 Å². The van der Waals surface area contributed by atoms with Crippen LogP contribution < -0.4 is 4.74 Å². The predicted molar refractivity (Wildman–Crippen MR) is 120 cm³/mol. The van der Waals surface area contributed by atoms with Crippen molar-refractivity contribution in [3.05, 3.63) is 66.4 Å². The molecule has 5 rings (SSSR count). The van der Waals surface area contributed by atoms with Crippen LogP contribution in [0.25, 0.3) is 22.3 Å². The minimum absolute atomic E-state index is 0.00678. The van der Waals surface area contributed by atoms with Crippen molar-refractivity contribution in [1.29, 1.82) is 0 Å². The maximum absolute atomic E-state index is 12.7. The largest absolute Gasteiger partial charge is 0.497 e. The number of nitrogens with zero attached hydrogens (tertiary/aromatic N) is 6. The van der Waals surface area contributed by atoms with Gasteiger partial charge < -0.3 is 14.2 Å². The summed E-state index contributed by atoms with van der Waals surface area (Å²) in [5.74, 6) is 1.10. The summed E-state index contributed by atoms with van der Waals surface area (Å²) in [6, 6.07) is 11.8. The van der Waals surface area contributed by atoms with E-state index >= 15 is 0 Å². The Bertz CT molecular complexity index is 1240. The molecule has 1 saturated heterocycles. The molecule has 0 bridgehead atoms. The second-order valence-corrected chi connectivity index (χ2v) is 8.05. The standard InChI is InChI=1S/C24H24N6O2/c1-29-15-25-23-21(29)13-20(28-22(23)17-3-5-19(32-2)6-4-17)16-8-11-30(12-9-16)24(31)18-7-10-26-27-14-18/h3-7,10,13-16H,8-9,11-12H2,1-2H3. The number of hydrogen-bond donors (Lipinski definition) is 0. The Hall–Kier alpha value is -3.81. The van der Waals surface area contributed by atoms with Crippen LogP contribution in [0.5, 0.6) is 5.75 Å². The van der Waals surface area contributed by atoms with E-state index < -0.39 is 0 Å². The van der Waals surface area contributed by atoms with Gasteiger partial charge in [-0.2, -0.15) is 10.2 Å². The Morgan fingerprint density at radius 1 is 1.09 bits per heavy atom. The van der Waals surface area contributed by atoms with Crippen LogP contribution in [-0.2, 0) is 7.05 Å². The lowest BCUT2D eigenvalue weighted by atomic mass is 9.92. The number of aryl methyl sites for hydroxylation is 1. The number of rotatable bonds is 4. The molecule has 8 nitrogen and oxygen atoms in total. The lowest BCUT2D eigenvalue weighted by molar-refractivity contribution is 0.0711. The van der Waals surface area contributed by atoms with E-state index in [1.807, 2.05) is 47.1 Å². The fourth-order valence-corrected chi connectivity index (χ4v) is 4.28. The minimum Gasteiger partial charge on any atom is -0.497 e. The Morgan fingerprint density at radius 3 is 2.56 bits per heavy atom. The number of benzene rings is 1. The molecule has 4 heterocycles. The summed E-state index contributed by atoms with van der Waals surface area (Å²) in [6.45, 7) is 1.38. The molecule has 3 aromatic heterocycles. The van der Waals surface area contributed by atoms with Gasteiger partial charge in [-0.25, -0.2) is 4.98 Å². The van der Waals surface area contributed by atoms with E-state index in [-0.39, 0.29) is 11.8 Å². The molecule has 0 unspecified atom stereocenters. The summed E-state index contributed by atoms with van der Waals surface area (Å²) in [7, 11) is 3.66. The van der Waals surface area contributed by atoms with E-state index in [2.05, 4.69) is 21.2 Å². The highest BCUT2D eigenvalue weighted by Gasteiger charge is 2.27. The number of methoxy groups -OCH3 is 1. The average Bonchev–Trinajstić information content (AvgIpc) is 3.24. The first-order valence-corrected chi connectivity index (χ1v) is 10.7. The lowest BCUT2D eigenvalue weighted by Gasteiger charge is -2.32. The molecule has 1 amide bonds. The molecule has 162 valence electrons. The second-order valence-electron chi connectivity index (χ2n) is 8.05. The Morgan fingerprint density at radius 2 is 1.88 bits per heavy atom. The van der Waals surface area contributed by atoms with Crippen LogP contribution in [0.3, 0.4) is 0 Å². The van der Waals surface area contributed by atoms with E-state index in [0.29, 0.717) is 18.7 Å². The molecule has 4 aromatic rings. The van der Waals surface area contributed by atoms with Crippen LogP contribution in [0.4, 0.5) is 0 Å². The Kier molecular flexibility index (Phi) is 5.26. The number of imidazole rings is 1. The first-order valence-electron chi connectivity index (χ1n) is 10.7. The van der Waals surface area contributed by atoms with E-state index in [4.69, 9.17) is 9.72 Å². The number of fused-ring (bicyclic) bond motifs is 1. The number of likely N-dealkylation sites (tertiary alicyclic amines) is 1. The van der Waals surface area contributed by atoms with Crippen molar-refractivity contribution in [2.24, 2.45) is 7.05 Å². The summed E-state index contributed by atoms with van der Waals surface area (Å²) in [5, 5.41) is 7.57. The third-order valence-corrected chi connectivity index (χ3v) is 6.13. The molecule has 1 aromatic carbocycles. The molecular weight excluding hydrogens is 404 g/mol. The van der Waals surface area contributed by atoms with Crippen LogP contribution in [0.1, 0.15) is 34.8 Å². The van der Waals surface area contributed by atoms with Gasteiger partial charge in [0.2, 0.25) is 0 Å². The molecule has 1 aliphatic heterocycles. The second kappa shape index (κ2) is 8.37. The van der Waals surface area contributed by atoms with Gasteiger partial charge in [-0.3, -0.25) is 9.78 Å². The highest BCUT2D eigenvalue weighted by molar-refractivity contribution is 5.94. The highest BCUT2D eigenvalue weighted by Crippen LogP contribution is 2.33. The maximum Gasteiger partial charge on any atom is 0.255 e. The summed E-state index contributed by atoms with van der Waals surface area (Å²) in [6.07, 6.45) is 6.62. The molecule has 1 fully saturated rings. The summed E-state index contributed by atoms with van der Waals surface area (Å²) >= 11 is 0. The van der Waals surface area contributed by atoms with E-state index in [1.165, 1.54) is 6.20 Å². The van der Waals surface area contributed by atoms with Crippen molar-refractivity contribution in [3.8, 4) is 17.0 Å². The van der Waals surface area contributed by atoms with Gasteiger partial charge in [0.1, 0.15) is 11.3 Å². The van der Waals surface area contributed by atoms with Crippen molar-refractivity contribution < 1.29 is 9.53 Å². The van der Waals surface area contributed by atoms with Crippen LogP contribution in [0.15, 0.2) is 55.1 Å². The van der Waals surface area contributed by atoms with Crippen molar-refractivity contribution in [2.45, 2.75) is 18.8 Å². The third kappa shape index (κ3) is 3.68. The number of pyridine rings is 1. The first kappa shape index (κ1) is 20.1. The zero-order valence-electron chi connectivity index (χ0n) is 18.1. The summed E-state index contributed by atoms with van der Waals surface area (Å²) in [4.78, 5) is 24.3. The van der Waals surface area contributed by atoms with E-state index in [1.54, 1.807) is 19.4 Å². The Balaban J connectivity index is 1.42. The van der Waals surface area contributed by atoms with Gasteiger partial charge in [0.25, 0.3) is 5.91 Å². The number of hydrogen-bond acceptors (Lipinski definition) is 6. The number of piperidine rings is 1. The average molecular weight is 428 g/mol. The first-order chi connectivity index (χ1) is 15.6. The monoisotopic (exact) mass is 428 g/mol. The number of carbonyl (C=O) groups is 1. The SMILES string of the molecule is COc1ccc(-c2nc(C3CCN(C(=O)c4ccnnc4)CC3)cc3c2ncn3C)cc1. The molecule has 0 radical (unpaired) electrons.